The summed E-state index contributed by atoms with van der Waals surface area (Å²) in [4.78, 5) is 37.9. The van der Waals surface area contributed by atoms with Crippen LogP contribution >= 0.6 is 11.6 Å². The van der Waals surface area contributed by atoms with E-state index in [-0.39, 0.29) is 27.6 Å². The van der Waals surface area contributed by atoms with E-state index in [1.807, 2.05) is 0 Å². The van der Waals surface area contributed by atoms with Crippen molar-refractivity contribution in [2.45, 2.75) is 11.8 Å². The number of carbonyl (C=O) groups excluding carboxylic acids is 2. The smallest absolute Gasteiger partial charge is 0.323 e. The van der Waals surface area contributed by atoms with Crippen LogP contribution < -0.4 is 25.6 Å². The highest BCUT2D eigenvalue weighted by Crippen LogP contribution is 2.32. The molecule has 0 radical (unpaired) electrons. The Morgan fingerprint density at radius 2 is 1.63 bits per heavy atom. The lowest BCUT2D eigenvalue weighted by molar-refractivity contribution is -0.114. The summed E-state index contributed by atoms with van der Waals surface area (Å²) in [5.74, 6) is 0.545. The van der Waals surface area contributed by atoms with Crippen molar-refractivity contribution in [1.29, 1.82) is 0 Å². The van der Waals surface area contributed by atoms with E-state index in [2.05, 4.69) is 35.6 Å². The average Bonchev–Trinajstić information content (AvgIpc) is 2.90. The van der Waals surface area contributed by atoms with Gasteiger partial charge in [0.15, 0.2) is 21.7 Å². The highest BCUT2D eigenvalue weighted by molar-refractivity contribution is 7.89. The van der Waals surface area contributed by atoms with E-state index in [4.69, 9.17) is 16.3 Å². The number of pyridine rings is 1. The van der Waals surface area contributed by atoms with Crippen LogP contribution in [0.1, 0.15) is 6.92 Å². The first-order valence-corrected chi connectivity index (χ1v) is 13.3. The number of ether oxygens (including phenoxy) is 1. The monoisotopic (exact) mass is 560 g/mol. The van der Waals surface area contributed by atoms with Crippen LogP contribution in [-0.4, -0.2) is 68.7 Å². The molecule has 1 aromatic carbocycles. The average molecular weight is 561 g/mol. The summed E-state index contributed by atoms with van der Waals surface area (Å²) >= 11 is 6.36. The Bertz CT molecular complexity index is 1430. The molecule has 15 heteroatoms. The summed E-state index contributed by atoms with van der Waals surface area (Å²) in [5.41, 5.74) is 1.49. The molecule has 0 aliphatic carbocycles. The maximum atomic E-state index is 12.7. The Morgan fingerprint density at radius 3 is 2.24 bits per heavy atom. The van der Waals surface area contributed by atoms with Crippen LogP contribution in [-0.2, 0) is 19.6 Å². The van der Waals surface area contributed by atoms with Crippen LogP contribution in [0.2, 0.25) is 5.15 Å². The van der Waals surface area contributed by atoms with Crippen LogP contribution in [0.5, 0.6) is 0 Å². The molecule has 4 N–H and O–H groups in total. The molecule has 1 saturated heterocycles. The second kappa shape index (κ2) is 11.7. The largest absolute Gasteiger partial charge is 0.378 e. The Morgan fingerprint density at radius 1 is 0.974 bits per heavy atom. The number of halogens is 1. The zero-order chi connectivity index (χ0) is 27.3. The van der Waals surface area contributed by atoms with Crippen LogP contribution in [0.15, 0.2) is 47.5 Å². The van der Waals surface area contributed by atoms with Gasteiger partial charge in [0.1, 0.15) is 5.82 Å². The number of rotatable bonds is 7. The van der Waals surface area contributed by atoms with Gasteiger partial charge in [0.05, 0.1) is 25.1 Å². The van der Waals surface area contributed by atoms with Gasteiger partial charge in [-0.05, 0) is 43.4 Å². The first kappa shape index (κ1) is 27.2. The summed E-state index contributed by atoms with van der Waals surface area (Å²) in [7, 11) is -2.63. The van der Waals surface area contributed by atoms with Crippen molar-refractivity contribution >= 4 is 56.6 Å². The Balaban J connectivity index is 1.51. The molecule has 0 saturated carbocycles. The van der Waals surface area contributed by atoms with Crippen LogP contribution in [0.4, 0.5) is 27.8 Å². The van der Waals surface area contributed by atoms with Crippen LogP contribution in [0.3, 0.4) is 0 Å². The van der Waals surface area contributed by atoms with Crippen molar-refractivity contribution in [3.05, 3.63) is 47.7 Å². The maximum absolute atomic E-state index is 12.7. The van der Waals surface area contributed by atoms with Gasteiger partial charge in [-0.2, -0.15) is 0 Å². The van der Waals surface area contributed by atoms with Crippen molar-refractivity contribution < 1.29 is 22.7 Å². The summed E-state index contributed by atoms with van der Waals surface area (Å²) in [6, 6.07) is 9.33. The molecule has 1 aliphatic heterocycles. The van der Waals surface area contributed by atoms with Crippen molar-refractivity contribution in [2.75, 3.05) is 54.2 Å². The van der Waals surface area contributed by atoms with Gasteiger partial charge in [-0.1, -0.05) is 11.6 Å². The first-order valence-electron chi connectivity index (χ1n) is 11.4. The summed E-state index contributed by atoms with van der Waals surface area (Å²) in [6.07, 6.45) is 1.42. The van der Waals surface area contributed by atoms with Gasteiger partial charge in [-0.25, -0.2) is 32.9 Å². The van der Waals surface area contributed by atoms with Gasteiger partial charge >= 0.3 is 6.03 Å². The van der Waals surface area contributed by atoms with Gasteiger partial charge in [0.25, 0.3) is 0 Å². The molecule has 0 atom stereocenters. The topological polar surface area (TPSA) is 168 Å². The lowest BCUT2D eigenvalue weighted by Gasteiger charge is -2.29. The lowest BCUT2D eigenvalue weighted by atomic mass is 10.2. The number of aromatic nitrogens is 3. The third-order valence-corrected chi connectivity index (χ3v) is 7.22. The number of benzene rings is 1. The predicted octanol–water partition coefficient (Wildman–Crippen LogP) is 2.54. The first-order chi connectivity index (χ1) is 18.2. The number of nitrogens with zero attached hydrogens (tertiary/aromatic N) is 4. The molecular formula is C23H25ClN8O5S. The number of sulfonamides is 1. The molecule has 13 nitrogen and oxygen atoms in total. The number of amides is 3. The molecule has 3 heterocycles. The molecule has 0 spiro atoms. The number of hydrogen-bond acceptors (Lipinski definition) is 9. The van der Waals surface area contributed by atoms with E-state index in [9.17, 15) is 18.0 Å². The van der Waals surface area contributed by atoms with Gasteiger partial charge in [-0.15, -0.1) is 0 Å². The Labute approximate surface area is 224 Å². The second-order valence-corrected chi connectivity index (χ2v) is 10.2. The number of morpholine rings is 1. The van der Waals surface area contributed by atoms with E-state index in [0.717, 1.165) is 0 Å². The summed E-state index contributed by atoms with van der Waals surface area (Å²) in [5, 5.41) is 7.69. The van der Waals surface area contributed by atoms with E-state index >= 15 is 0 Å². The molecule has 1 fully saturated rings. The minimum absolute atomic E-state index is 0.192. The van der Waals surface area contributed by atoms with Crippen LogP contribution in [0.25, 0.3) is 11.4 Å². The molecule has 0 unspecified atom stereocenters. The maximum Gasteiger partial charge on any atom is 0.323 e. The Kier molecular flexibility index (Phi) is 8.36. The molecule has 200 valence electrons. The van der Waals surface area contributed by atoms with Crippen molar-refractivity contribution in [3.63, 3.8) is 0 Å². The fourth-order valence-corrected chi connectivity index (χ4v) is 4.94. The Hall–Kier alpha value is -3.85. The standard InChI is InChI=1S/C23H25ClN8O5S/c1-14(33)27-18-8-7-17(13-26-18)29-23(34)28-16-5-3-15(4-6-16)21-30-20(24)19(38(35,36)25-2)22(31-21)32-9-11-37-12-10-32/h3-8,13,25H,9-12H2,1-2H3,(H,26,27,33)(H2,28,29,34). The minimum atomic E-state index is -3.93. The molecule has 3 aromatic rings. The van der Waals surface area contributed by atoms with Crippen molar-refractivity contribution in [1.82, 2.24) is 19.7 Å². The molecule has 3 amide bonds. The molecule has 4 rings (SSSR count). The normalized spacial score (nSPS) is 13.6. The highest BCUT2D eigenvalue weighted by atomic mass is 35.5. The fourth-order valence-electron chi connectivity index (χ4n) is 3.58. The fraction of sp³-hybridized carbons (Fsp3) is 0.261. The third kappa shape index (κ3) is 6.52. The quantitative estimate of drug-likeness (QED) is 0.317. The van der Waals surface area contributed by atoms with Gasteiger partial charge in [0, 0.05) is 31.3 Å². The van der Waals surface area contributed by atoms with E-state index < -0.39 is 16.1 Å². The molecular weight excluding hydrogens is 536 g/mol. The molecule has 2 aromatic heterocycles. The van der Waals surface area contributed by atoms with Crippen molar-refractivity contribution in [2.24, 2.45) is 0 Å². The van der Waals surface area contributed by atoms with E-state index in [1.54, 1.807) is 41.3 Å². The SMILES string of the molecule is CNS(=O)(=O)c1c(Cl)nc(-c2ccc(NC(=O)Nc3ccc(NC(C)=O)nc3)cc2)nc1N1CCOCC1. The summed E-state index contributed by atoms with van der Waals surface area (Å²) in [6.45, 7) is 3.12. The number of urea groups is 1. The zero-order valence-electron chi connectivity index (χ0n) is 20.5. The third-order valence-electron chi connectivity index (χ3n) is 5.38. The van der Waals surface area contributed by atoms with Crippen LogP contribution in [0, 0.1) is 0 Å². The highest BCUT2D eigenvalue weighted by Gasteiger charge is 2.29. The van der Waals surface area contributed by atoms with Crippen molar-refractivity contribution in [3.8, 4) is 11.4 Å². The molecule has 38 heavy (non-hydrogen) atoms. The number of anilines is 4. The zero-order valence-corrected chi connectivity index (χ0v) is 22.1. The van der Waals surface area contributed by atoms with E-state index in [0.29, 0.717) is 49.1 Å². The van der Waals surface area contributed by atoms with Gasteiger partial charge < -0.3 is 25.6 Å². The van der Waals surface area contributed by atoms with Gasteiger partial charge in [0.2, 0.25) is 15.9 Å². The predicted molar refractivity (Wildman–Crippen MR) is 143 cm³/mol. The second-order valence-electron chi connectivity index (χ2n) is 8.07. The van der Waals surface area contributed by atoms with E-state index in [1.165, 1.54) is 20.2 Å². The number of hydrogen-bond donors (Lipinski definition) is 4. The minimum Gasteiger partial charge on any atom is -0.378 e. The molecule has 0 bridgehead atoms. The number of carbonyl (C=O) groups is 2. The molecule has 1 aliphatic rings. The summed E-state index contributed by atoms with van der Waals surface area (Å²) < 4.78 is 33.0. The van der Waals surface area contributed by atoms with Gasteiger partial charge in [-0.3, -0.25) is 4.79 Å². The number of nitrogens with one attached hydrogen (secondary N) is 4. The lowest BCUT2D eigenvalue weighted by Crippen LogP contribution is -2.38.